The number of anilines is 2. The molecule has 8 aromatic carbocycles. The van der Waals surface area contributed by atoms with Crippen LogP contribution in [0.1, 0.15) is 51.3 Å². The van der Waals surface area contributed by atoms with Crippen LogP contribution in [-0.4, -0.2) is 21.4 Å². The molecule has 0 radical (unpaired) electrons. The summed E-state index contributed by atoms with van der Waals surface area (Å²) in [5.41, 5.74) is 21.1. The smallest absolute Gasteiger partial charge is 0.198 e. The molecule has 0 spiro atoms. The first kappa shape index (κ1) is 36.7. The average Bonchev–Trinajstić information content (AvgIpc) is 3.99. The number of thiophene rings is 1. The highest BCUT2D eigenvalue weighted by Gasteiger charge is 2.37. The highest BCUT2D eigenvalue weighted by Crippen LogP contribution is 2.51. The van der Waals surface area contributed by atoms with E-state index in [1.165, 1.54) is 97.5 Å². The van der Waals surface area contributed by atoms with Gasteiger partial charge in [-0.25, -0.2) is 4.98 Å². The molecule has 1 N–H and O–H groups in total. The van der Waals surface area contributed by atoms with Gasteiger partial charge in [-0.3, -0.25) is 0 Å². The Kier molecular flexibility index (Phi) is 7.49. The summed E-state index contributed by atoms with van der Waals surface area (Å²) in [7, 11) is 2.95. The standard InChI is InChI=1S/C57H45BN4S/c1-56(2,3)33-20-22-34(23-21-33)59-46-30-52-42(36-17-11-13-19-51(36)63-52)26-40(46)37-24-25-38-41-27-44-39(35-16-10-12-18-43(35)57(44,4)5)28-48(41)62-49-31-50-47(29-45(49)58-53(37)54(38)62)60-55(61(50)6)32-14-8-7-9-15-32/h7-31,58-59H,1-6H3. The fourth-order valence-corrected chi connectivity index (χ4v) is 12.1. The third kappa shape index (κ3) is 5.25. The minimum atomic E-state index is -0.103. The van der Waals surface area contributed by atoms with E-state index in [0.29, 0.717) is 0 Å². The summed E-state index contributed by atoms with van der Waals surface area (Å²) in [5.74, 6) is 0.980. The van der Waals surface area contributed by atoms with Crippen molar-refractivity contribution in [3.05, 3.63) is 168 Å². The van der Waals surface area contributed by atoms with Crippen LogP contribution in [0, 0.1) is 0 Å². The topological polar surface area (TPSA) is 34.8 Å². The van der Waals surface area contributed by atoms with Crippen molar-refractivity contribution in [3.8, 4) is 39.3 Å². The Morgan fingerprint density at radius 3 is 2.22 bits per heavy atom. The predicted octanol–water partition coefficient (Wildman–Crippen LogP) is 13.4. The molecule has 63 heavy (non-hydrogen) atoms. The number of nitrogens with zero attached hydrogens (tertiary/aromatic N) is 3. The minimum absolute atomic E-state index is 0.0791. The predicted molar refractivity (Wildman–Crippen MR) is 271 cm³/mol. The van der Waals surface area contributed by atoms with Crippen LogP contribution in [0.25, 0.3) is 92.3 Å². The van der Waals surface area contributed by atoms with Crippen molar-refractivity contribution in [2.24, 2.45) is 7.05 Å². The number of nitrogens with one attached hydrogen (secondary N) is 1. The van der Waals surface area contributed by atoms with E-state index < -0.39 is 0 Å². The Hall–Kier alpha value is -6.89. The normalized spacial score (nSPS) is 13.8. The van der Waals surface area contributed by atoms with E-state index in [2.05, 4.69) is 208 Å². The summed E-state index contributed by atoms with van der Waals surface area (Å²) in [6, 6.07) is 56.9. The maximum Gasteiger partial charge on any atom is 0.198 e. The third-order valence-corrected chi connectivity index (χ3v) is 15.4. The summed E-state index contributed by atoms with van der Waals surface area (Å²) in [6.07, 6.45) is 0. The Bertz CT molecular complexity index is 3750. The molecule has 2 aliphatic rings. The molecule has 0 bridgehead atoms. The first-order chi connectivity index (χ1) is 30.5. The molecule has 3 aromatic heterocycles. The third-order valence-electron chi connectivity index (χ3n) is 14.3. The fourth-order valence-electron chi connectivity index (χ4n) is 11.0. The van der Waals surface area contributed by atoms with Crippen molar-refractivity contribution in [2.45, 2.75) is 45.4 Å². The van der Waals surface area contributed by atoms with E-state index in [9.17, 15) is 0 Å². The molecule has 302 valence electrons. The molecule has 4 heterocycles. The lowest BCUT2D eigenvalue weighted by atomic mass is 9.59. The second-order valence-electron chi connectivity index (χ2n) is 19.4. The lowest BCUT2D eigenvalue weighted by Gasteiger charge is -2.24. The van der Waals surface area contributed by atoms with Crippen molar-refractivity contribution >= 4 is 93.9 Å². The van der Waals surface area contributed by atoms with Crippen molar-refractivity contribution in [1.29, 1.82) is 0 Å². The van der Waals surface area contributed by atoms with Crippen LogP contribution in [0.2, 0.25) is 0 Å². The highest BCUT2D eigenvalue weighted by molar-refractivity contribution is 7.25. The lowest BCUT2D eigenvalue weighted by molar-refractivity contribution is 0.590. The summed E-state index contributed by atoms with van der Waals surface area (Å²) >= 11 is 1.87. The van der Waals surface area contributed by atoms with Gasteiger partial charge in [-0.1, -0.05) is 137 Å². The molecule has 0 atom stereocenters. The molecule has 0 saturated carbocycles. The molecule has 11 aromatic rings. The van der Waals surface area contributed by atoms with Gasteiger partial charge in [-0.05, 0) is 98.9 Å². The van der Waals surface area contributed by atoms with Gasteiger partial charge in [-0.15, -0.1) is 11.3 Å². The zero-order valence-electron chi connectivity index (χ0n) is 36.4. The highest BCUT2D eigenvalue weighted by atomic mass is 32.1. The second-order valence-corrected chi connectivity index (χ2v) is 20.4. The van der Waals surface area contributed by atoms with E-state index in [-0.39, 0.29) is 10.8 Å². The van der Waals surface area contributed by atoms with Crippen LogP contribution in [0.15, 0.2) is 152 Å². The molecule has 4 nitrogen and oxygen atoms in total. The second kappa shape index (κ2) is 12.8. The summed E-state index contributed by atoms with van der Waals surface area (Å²) in [5, 5.41) is 9.15. The van der Waals surface area contributed by atoms with Crippen LogP contribution in [-0.2, 0) is 17.9 Å². The molecule has 0 amide bonds. The maximum atomic E-state index is 5.30. The number of aryl methyl sites for hydroxylation is 1. The fraction of sp³-hybridized carbons (Fsp3) is 0.140. The van der Waals surface area contributed by atoms with Crippen molar-refractivity contribution in [1.82, 2.24) is 14.1 Å². The first-order valence-corrected chi connectivity index (χ1v) is 23.0. The summed E-state index contributed by atoms with van der Waals surface area (Å²) < 4.78 is 7.46. The van der Waals surface area contributed by atoms with Gasteiger partial charge in [0, 0.05) is 77.1 Å². The van der Waals surface area contributed by atoms with Gasteiger partial charge in [0.1, 0.15) is 5.82 Å². The molecule has 6 heteroatoms. The largest absolute Gasteiger partial charge is 0.355 e. The van der Waals surface area contributed by atoms with E-state index in [0.717, 1.165) is 41.1 Å². The van der Waals surface area contributed by atoms with Crippen molar-refractivity contribution in [2.75, 3.05) is 5.32 Å². The Morgan fingerprint density at radius 2 is 1.40 bits per heavy atom. The number of rotatable bonds is 4. The van der Waals surface area contributed by atoms with Crippen molar-refractivity contribution in [3.63, 3.8) is 0 Å². The zero-order chi connectivity index (χ0) is 42.5. The number of aromatic nitrogens is 3. The molecule has 1 aliphatic carbocycles. The van der Waals surface area contributed by atoms with Gasteiger partial charge < -0.3 is 14.5 Å². The molecule has 13 rings (SSSR count). The monoisotopic (exact) mass is 828 g/mol. The summed E-state index contributed by atoms with van der Waals surface area (Å²) in [6.45, 7) is 11.6. The molecular weight excluding hydrogens is 784 g/mol. The molecule has 0 saturated heterocycles. The lowest BCUT2D eigenvalue weighted by Crippen LogP contribution is -2.37. The minimum Gasteiger partial charge on any atom is -0.355 e. The van der Waals surface area contributed by atoms with Crippen LogP contribution < -0.4 is 16.2 Å². The molecular formula is C57H45BN4S. The Morgan fingerprint density at radius 1 is 0.619 bits per heavy atom. The van der Waals surface area contributed by atoms with E-state index >= 15 is 0 Å². The Balaban J connectivity index is 1.10. The molecule has 1 aliphatic heterocycles. The van der Waals surface area contributed by atoms with Gasteiger partial charge in [0.05, 0.1) is 16.6 Å². The summed E-state index contributed by atoms with van der Waals surface area (Å²) in [4.78, 5) is 5.30. The maximum absolute atomic E-state index is 5.30. The van der Waals surface area contributed by atoms with Crippen molar-refractivity contribution < 1.29 is 0 Å². The average molecular weight is 829 g/mol. The number of imidazole rings is 1. The number of hydrogen-bond acceptors (Lipinski definition) is 3. The van der Waals surface area contributed by atoms with Gasteiger partial charge in [0.2, 0.25) is 0 Å². The first-order valence-electron chi connectivity index (χ1n) is 22.1. The van der Waals surface area contributed by atoms with E-state index in [1.807, 2.05) is 11.3 Å². The number of fused-ring (bicyclic) bond motifs is 12. The number of benzene rings is 8. The van der Waals surface area contributed by atoms with Gasteiger partial charge in [0.15, 0.2) is 7.28 Å². The van der Waals surface area contributed by atoms with Gasteiger partial charge in [-0.2, -0.15) is 0 Å². The zero-order valence-corrected chi connectivity index (χ0v) is 37.2. The van der Waals surface area contributed by atoms with Crippen LogP contribution in [0.3, 0.4) is 0 Å². The number of hydrogen-bond donors (Lipinski definition) is 1. The quantitative estimate of drug-likeness (QED) is 0.179. The van der Waals surface area contributed by atoms with Gasteiger partial charge in [0.25, 0.3) is 0 Å². The van der Waals surface area contributed by atoms with Crippen LogP contribution in [0.4, 0.5) is 11.4 Å². The van der Waals surface area contributed by atoms with Gasteiger partial charge >= 0.3 is 0 Å². The van der Waals surface area contributed by atoms with E-state index in [1.54, 1.807) is 0 Å². The SMILES string of the molecule is Cn1c(-c2ccccc2)nc2cc3c(cc21)-n1c2cc4c(cc2c2ccc(-c5cc6c(cc5Nc5ccc(C(C)(C)C)cc5)sc5ccccc56)c(c21)B3)C(C)(C)c1ccccc1-4. The van der Waals surface area contributed by atoms with Crippen LogP contribution in [0.5, 0.6) is 0 Å². The van der Waals surface area contributed by atoms with Crippen LogP contribution >= 0.6 is 11.3 Å². The molecule has 0 fully saturated rings. The van der Waals surface area contributed by atoms with E-state index in [4.69, 9.17) is 4.98 Å². The molecule has 0 unspecified atom stereocenters. The Labute approximate surface area is 371 Å².